The van der Waals surface area contributed by atoms with Gasteiger partial charge >= 0.3 is 6.03 Å². The number of urea groups is 1. The summed E-state index contributed by atoms with van der Waals surface area (Å²) in [6.07, 6.45) is 3.89. The molecule has 7 nitrogen and oxygen atoms in total. The fourth-order valence-corrected chi connectivity index (χ4v) is 5.02. The molecule has 2 aromatic carbocycles. The Balaban J connectivity index is 1.38. The van der Waals surface area contributed by atoms with Gasteiger partial charge in [-0.1, -0.05) is 30.3 Å². The second kappa shape index (κ2) is 6.56. The van der Waals surface area contributed by atoms with Crippen molar-refractivity contribution in [3.63, 3.8) is 0 Å². The van der Waals surface area contributed by atoms with Crippen LogP contribution in [-0.4, -0.2) is 47.4 Å². The molecule has 3 aromatic rings. The summed E-state index contributed by atoms with van der Waals surface area (Å²) < 4.78 is 4.78. The lowest BCUT2D eigenvalue weighted by molar-refractivity contribution is 0.0658. The Morgan fingerprint density at radius 2 is 1.72 bits per heavy atom. The number of hydrogen-bond acceptors (Lipinski definition) is 5. The highest BCUT2D eigenvalue weighted by Gasteiger charge is 2.50. The van der Waals surface area contributed by atoms with Crippen molar-refractivity contribution in [2.75, 3.05) is 25.5 Å². The highest BCUT2D eigenvalue weighted by Crippen LogP contribution is 2.46. The first kappa shape index (κ1) is 18.1. The van der Waals surface area contributed by atoms with Crippen LogP contribution in [0, 0.1) is 0 Å². The van der Waals surface area contributed by atoms with E-state index in [1.54, 1.807) is 0 Å². The molecule has 2 aliphatic rings. The van der Waals surface area contributed by atoms with Crippen molar-refractivity contribution in [1.82, 2.24) is 20.5 Å². The monoisotopic (exact) mass is 391 g/mol. The van der Waals surface area contributed by atoms with Crippen LogP contribution in [0.2, 0.25) is 0 Å². The summed E-state index contributed by atoms with van der Waals surface area (Å²) in [7, 11) is 4.32. The van der Waals surface area contributed by atoms with Crippen LogP contribution in [0.1, 0.15) is 31.2 Å². The maximum absolute atomic E-state index is 12.8. The minimum absolute atomic E-state index is 0.00987. The van der Waals surface area contributed by atoms with Gasteiger partial charge in [0.05, 0.1) is 12.1 Å². The molecule has 150 valence electrons. The fourth-order valence-electron chi connectivity index (χ4n) is 5.02. The van der Waals surface area contributed by atoms with Gasteiger partial charge in [-0.3, -0.25) is 9.80 Å². The molecule has 1 aromatic heterocycles. The molecule has 7 heteroatoms. The molecule has 2 fully saturated rings. The third-order valence-electron chi connectivity index (χ3n) is 6.83. The smallest absolute Gasteiger partial charge is 0.322 e. The summed E-state index contributed by atoms with van der Waals surface area (Å²) in [5.41, 5.74) is 3.35. The largest absolute Gasteiger partial charge is 0.330 e. The number of anilines is 1. The average Bonchev–Trinajstić information content (AvgIpc) is 3.33. The van der Waals surface area contributed by atoms with E-state index in [2.05, 4.69) is 65.0 Å². The van der Waals surface area contributed by atoms with Crippen LogP contribution in [0.5, 0.6) is 0 Å². The molecule has 1 spiro atoms. The third kappa shape index (κ3) is 2.88. The van der Waals surface area contributed by atoms with E-state index in [9.17, 15) is 4.79 Å². The lowest BCUT2D eigenvalue weighted by atomic mass is 9.69. The molecular formula is C22H25N5O2. The van der Waals surface area contributed by atoms with E-state index in [1.165, 1.54) is 5.56 Å². The van der Waals surface area contributed by atoms with Crippen LogP contribution in [0.3, 0.4) is 0 Å². The molecule has 1 N–H and O–H groups in total. The summed E-state index contributed by atoms with van der Waals surface area (Å²) in [4.78, 5) is 17.0. The van der Waals surface area contributed by atoms with E-state index in [1.807, 2.05) is 23.1 Å². The molecule has 1 aliphatic carbocycles. The number of carbonyl (C=O) groups is 1. The number of fused-ring (bicyclic) bond motifs is 1. The number of rotatable bonds is 3. The summed E-state index contributed by atoms with van der Waals surface area (Å²) in [5, 5.41) is 11.0. The van der Waals surface area contributed by atoms with Gasteiger partial charge in [-0.05, 0) is 73.9 Å². The number of benzene rings is 2. The van der Waals surface area contributed by atoms with Crippen molar-refractivity contribution in [2.45, 2.75) is 36.8 Å². The maximum Gasteiger partial charge on any atom is 0.322 e. The van der Waals surface area contributed by atoms with Crippen molar-refractivity contribution in [1.29, 1.82) is 0 Å². The van der Waals surface area contributed by atoms with Crippen molar-refractivity contribution < 1.29 is 9.42 Å². The molecule has 1 saturated heterocycles. The second-order valence-corrected chi connectivity index (χ2v) is 8.53. The van der Waals surface area contributed by atoms with E-state index in [4.69, 9.17) is 4.63 Å². The van der Waals surface area contributed by atoms with Gasteiger partial charge in [-0.2, -0.15) is 0 Å². The topological polar surface area (TPSA) is 74.5 Å². The normalized spacial score (nSPS) is 27.1. The lowest BCUT2D eigenvalue weighted by Gasteiger charge is -2.48. The number of hydrogen-bond donors (Lipinski definition) is 1. The van der Waals surface area contributed by atoms with Gasteiger partial charge < -0.3 is 5.32 Å². The van der Waals surface area contributed by atoms with Crippen molar-refractivity contribution in [3.05, 3.63) is 54.1 Å². The number of aromatic nitrogens is 2. The van der Waals surface area contributed by atoms with Crippen LogP contribution < -0.4 is 10.2 Å². The molecule has 1 saturated carbocycles. The van der Waals surface area contributed by atoms with Crippen LogP contribution in [0.4, 0.5) is 10.5 Å². The first-order valence-electron chi connectivity index (χ1n) is 10.1. The Kier molecular flexibility index (Phi) is 4.10. The van der Waals surface area contributed by atoms with Gasteiger partial charge in [0.25, 0.3) is 0 Å². The van der Waals surface area contributed by atoms with Crippen LogP contribution in [0.25, 0.3) is 11.0 Å². The highest BCUT2D eigenvalue weighted by molar-refractivity contribution is 5.97. The third-order valence-corrected chi connectivity index (χ3v) is 6.83. The summed E-state index contributed by atoms with van der Waals surface area (Å²) in [5.74, 6) is 0. The van der Waals surface area contributed by atoms with Gasteiger partial charge in [-0.15, -0.1) is 0 Å². The van der Waals surface area contributed by atoms with Gasteiger partial charge in [0.15, 0.2) is 0 Å². The van der Waals surface area contributed by atoms with Crippen molar-refractivity contribution in [2.24, 2.45) is 0 Å². The molecule has 0 atom stereocenters. The summed E-state index contributed by atoms with van der Waals surface area (Å²) >= 11 is 0. The highest BCUT2D eigenvalue weighted by atomic mass is 16.6. The van der Waals surface area contributed by atoms with E-state index >= 15 is 0 Å². The van der Waals surface area contributed by atoms with Crippen LogP contribution >= 0.6 is 0 Å². The molecule has 0 bridgehead atoms. The zero-order chi connectivity index (χ0) is 20.1. The van der Waals surface area contributed by atoms with E-state index < -0.39 is 0 Å². The molecule has 1 aliphatic heterocycles. The number of carbonyl (C=O) groups excluding carboxylic acids is 1. The molecule has 2 heterocycles. The molecule has 2 amide bonds. The fraction of sp³-hybridized carbons (Fsp3) is 0.409. The zero-order valence-electron chi connectivity index (χ0n) is 16.8. The van der Waals surface area contributed by atoms with Crippen LogP contribution in [0.15, 0.2) is 53.2 Å². The Bertz CT molecular complexity index is 1040. The van der Waals surface area contributed by atoms with Crippen molar-refractivity contribution >= 4 is 22.8 Å². The van der Waals surface area contributed by atoms with Gasteiger partial charge in [-0.25, -0.2) is 9.42 Å². The zero-order valence-corrected chi connectivity index (χ0v) is 16.8. The van der Waals surface area contributed by atoms with Crippen LogP contribution in [-0.2, 0) is 5.54 Å². The molecule has 0 unspecified atom stereocenters. The minimum Gasteiger partial charge on any atom is -0.330 e. The second-order valence-electron chi connectivity index (χ2n) is 8.53. The Morgan fingerprint density at radius 1 is 1.00 bits per heavy atom. The van der Waals surface area contributed by atoms with Gasteiger partial charge in [0, 0.05) is 11.2 Å². The quantitative estimate of drug-likeness (QED) is 0.739. The predicted molar refractivity (Wildman–Crippen MR) is 111 cm³/mol. The van der Waals surface area contributed by atoms with Crippen molar-refractivity contribution in [3.8, 4) is 0 Å². The van der Waals surface area contributed by atoms with E-state index in [0.29, 0.717) is 17.6 Å². The SMILES string of the molecule is CN(C)[C@]1(c2ccccc2)CC[C@]2(CC1)CN(c1ccc3nonc3c1)C(=O)N2. The predicted octanol–water partition coefficient (Wildman–Crippen LogP) is 3.52. The molecule has 0 radical (unpaired) electrons. The number of nitrogens with zero attached hydrogens (tertiary/aromatic N) is 4. The maximum atomic E-state index is 12.8. The van der Waals surface area contributed by atoms with E-state index in [-0.39, 0.29) is 17.1 Å². The standard InChI is InChI=1S/C22H25N5O2/c1-26(2)22(16-6-4-3-5-7-16)12-10-21(11-13-22)15-27(20(28)23-21)17-8-9-18-19(14-17)25-29-24-18/h3-9,14H,10-13,15H2,1-2H3,(H,23,28)/t21-,22+. The summed E-state index contributed by atoms with van der Waals surface area (Å²) in [6, 6.07) is 16.3. The average molecular weight is 391 g/mol. The number of nitrogens with one attached hydrogen (secondary N) is 1. The Hall–Kier alpha value is -2.93. The first-order valence-corrected chi connectivity index (χ1v) is 10.1. The van der Waals surface area contributed by atoms with E-state index in [0.717, 1.165) is 31.4 Å². The molecule has 29 heavy (non-hydrogen) atoms. The Labute approximate surface area is 169 Å². The first-order chi connectivity index (χ1) is 14.0. The minimum atomic E-state index is -0.192. The molecular weight excluding hydrogens is 366 g/mol. The van der Waals surface area contributed by atoms with Gasteiger partial charge in [0.2, 0.25) is 0 Å². The lowest BCUT2D eigenvalue weighted by Crippen LogP contribution is -2.54. The van der Waals surface area contributed by atoms with Gasteiger partial charge in [0.1, 0.15) is 11.0 Å². The molecule has 5 rings (SSSR count). The number of amides is 2. The Morgan fingerprint density at radius 3 is 2.45 bits per heavy atom. The summed E-state index contributed by atoms with van der Waals surface area (Å²) in [6.45, 7) is 0.668.